The summed E-state index contributed by atoms with van der Waals surface area (Å²) < 4.78 is 11.8. The molecule has 6 heteroatoms. The van der Waals surface area contributed by atoms with Gasteiger partial charge in [-0.2, -0.15) is 0 Å². The highest BCUT2D eigenvalue weighted by molar-refractivity contribution is 7.13. The number of aliphatic hydroxyl groups is 1. The molecule has 30 heavy (non-hydrogen) atoms. The van der Waals surface area contributed by atoms with Crippen molar-refractivity contribution in [3.63, 3.8) is 0 Å². The highest BCUT2D eigenvalue weighted by Gasteiger charge is 2.05. The van der Waals surface area contributed by atoms with E-state index in [4.69, 9.17) is 20.3 Å². The first-order chi connectivity index (χ1) is 14.7. The van der Waals surface area contributed by atoms with Crippen LogP contribution >= 0.6 is 11.3 Å². The van der Waals surface area contributed by atoms with Crippen molar-refractivity contribution in [3.05, 3.63) is 89.9 Å². The van der Waals surface area contributed by atoms with Crippen LogP contribution in [0.4, 0.5) is 0 Å². The average molecular weight is 419 g/mol. The van der Waals surface area contributed by atoms with Crippen LogP contribution in [0.1, 0.15) is 5.56 Å². The summed E-state index contributed by atoms with van der Waals surface area (Å²) in [4.78, 5) is 4.31. The molecule has 1 atom stereocenters. The van der Waals surface area contributed by atoms with Crippen LogP contribution in [0.25, 0.3) is 10.6 Å². The third kappa shape index (κ3) is 5.24. The largest absolute Gasteiger partial charge is 0.457 e. The Hall–Kier alpha value is -3.19. The van der Waals surface area contributed by atoms with E-state index in [1.54, 1.807) is 17.5 Å². The first-order valence-corrected chi connectivity index (χ1v) is 10.5. The van der Waals surface area contributed by atoms with Gasteiger partial charge in [0.2, 0.25) is 0 Å². The zero-order valence-electron chi connectivity index (χ0n) is 16.3. The van der Waals surface area contributed by atoms with Gasteiger partial charge in [-0.15, -0.1) is 11.3 Å². The van der Waals surface area contributed by atoms with E-state index in [1.165, 1.54) is 0 Å². The molecule has 0 aliphatic rings. The molecule has 0 fully saturated rings. The topological polar surface area (TPSA) is 77.6 Å². The van der Waals surface area contributed by atoms with Crippen molar-refractivity contribution in [2.75, 3.05) is 6.61 Å². The molecule has 0 bridgehead atoms. The molecule has 1 heterocycles. The molecule has 5 nitrogen and oxygen atoms in total. The quantitative estimate of drug-likeness (QED) is 0.408. The van der Waals surface area contributed by atoms with Crippen molar-refractivity contribution in [1.29, 1.82) is 0 Å². The highest BCUT2D eigenvalue weighted by Crippen LogP contribution is 2.29. The SMILES string of the molecule is N[C@H](CO)Cc1ccc(Oc2ccc(Oc3ccc(-c4nccs4)cc3)cc2)cc1. The molecule has 0 saturated heterocycles. The van der Waals surface area contributed by atoms with Crippen LogP contribution in [0.5, 0.6) is 23.0 Å². The summed E-state index contributed by atoms with van der Waals surface area (Å²) in [6.07, 6.45) is 2.43. The van der Waals surface area contributed by atoms with Crippen molar-refractivity contribution < 1.29 is 14.6 Å². The number of ether oxygens (including phenoxy) is 2. The maximum Gasteiger partial charge on any atom is 0.127 e. The lowest BCUT2D eigenvalue weighted by Crippen LogP contribution is -2.26. The third-order valence-electron chi connectivity index (χ3n) is 4.48. The van der Waals surface area contributed by atoms with Gasteiger partial charge in [-0.25, -0.2) is 4.98 Å². The Morgan fingerprint density at radius 3 is 1.77 bits per heavy atom. The van der Waals surface area contributed by atoms with Gasteiger partial charge in [-0.05, 0) is 72.6 Å². The standard InChI is InChI=1S/C24H22N2O3S/c25-19(16-27)15-17-1-5-20(6-2-17)28-22-9-11-23(12-10-22)29-21-7-3-18(4-8-21)24-26-13-14-30-24/h1-14,19,27H,15-16,25H2/t19-/m0/s1. The van der Waals surface area contributed by atoms with E-state index in [9.17, 15) is 0 Å². The van der Waals surface area contributed by atoms with Crippen molar-refractivity contribution >= 4 is 11.3 Å². The summed E-state index contributed by atoms with van der Waals surface area (Å²) in [5.41, 5.74) is 7.91. The minimum Gasteiger partial charge on any atom is -0.457 e. The summed E-state index contributed by atoms with van der Waals surface area (Å²) in [6.45, 7) is -0.0251. The monoisotopic (exact) mass is 418 g/mol. The number of hydrogen-bond donors (Lipinski definition) is 2. The van der Waals surface area contributed by atoms with E-state index in [0.29, 0.717) is 6.42 Å². The minimum absolute atomic E-state index is 0.0251. The van der Waals surface area contributed by atoms with E-state index in [0.717, 1.165) is 39.1 Å². The second kappa shape index (κ2) is 9.54. The summed E-state index contributed by atoms with van der Waals surface area (Å²) >= 11 is 1.61. The van der Waals surface area contributed by atoms with E-state index in [2.05, 4.69) is 4.98 Å². The van der Waals surface area contributed by atoms with Gasteiger partial charge >= 0.3 is 0 Å². The first-order valence-electron chi connectivity index (χ1n) is 9.61. The van der Waals surface area contributed by atoms with Crippen LogP contribution in [-0.4, -0.2) is 22.7 Å². The lowest BCUT2D eigenvalue weighted by molar-refractivity contribution is 0.265. The Morgan fingerprint density at radius 2 is 1.30 bits per heavy atom. The second-order valence-corrected chi connectivity index (χ2v) is 7.72. The van der Waals surface area contributed by atoms with Crippen LogP contribution in [0, 0.1) is 0 Å². The smallest absolute Gasteiger partial charge is 0.127 e. The summed E-state index contributed by atoms with van der Waals surface area (Å²) in [6, 6.07) is 22.8. The molecule has 4 rings (SSSR count). The van der Waals surface area contributed by atoms with Gasteiger partial charge in [0, 0.05) is 23.2 Å². The molecule has 0 aliphatic heterocycles. The van der Waals surface area contributed by atoms with Crippen molar-refractivity contribution in [2.24, 2.45) is 5.73 Å². The summed E-state index contributed by atoms with van der Waals surface area (Å²) in [5.74, 6) is 2.96. The van der Waals surface area contributed by atoms with Crippen LogP contribution < -0.4 is 15.2 Å². The molecular weight excluding hydrogens is 396 g/mol. The molecule has 3 N–H and O–H groups in total. The van der Waals surface area contributed by atoms with Crippen LogP contribution in [0.2, 0.25) is 0 Å². The number of aliphatic hydroxyl groups excluding tert-OH is 1. The minimum atomic E-state index is -0.243. The number of rotatable bonds is 8. The van der Waals surface area contributed by atoms with Gasteiger partial charge in [0.15, 0.2) is 0 Å². The van der Waals surface area contributed by atoms with Crippen molar-refractivity contribution in [2.45, 2.75) is 12.5 Å². The van der Waals surface area contributed by atoms with Crippen LogP contribution in [0.3, 0.4) is 0 Å². The molecule has 0 aliphatic carbocycles. The molecule has 1 aromatic heterocycles. The Kier molecular flexibility index (Phi) is 6.39. The van der Waals surface area contributed by atoms with E-state index in [-0.39, 0.29) is 12.6 Å². The maximum absolute atomic E-state index is 9.05. The number of hydrogen-bond acceptors (Lipinski definition) is 6. The molecule has 0 radical (unpaired) electrons. The highest BCUT2D eigenvalue weighted by atomic mass is 32.1. The van der Waals surface area contributed by atoms with Gasteiger partial charge in [0.05, 0.1) is 6.61 Å². The third-order valence-corrected chi connectivity index (χ3v) is 5.31. The fourth-order valence-electron chi connectivity index (χ4n) is 2.94. The fourth-order valence-corrected chi connectivity index (χ4v) is 3.58. The fraction of sp³-hybridized carbons (Fsp3) is 0.125. The molecule has 0 spiro atoms. The summed E-state index contributed by atoms with van der Waals surface area (Å²) in [7, 11) is 0. The number of nitrogens with zero attached hydrogens (tertiary/aromatic N) is 1. The molecule has 0 saturated carbocycles. The summed E-state index contributed by atoms with van der Waals surface area (Å²) in [5, 5.41) is 12.0. The Balaban J connectivity index is 1.35. The molecule has 152 valence electrons. The van der Waals surface area contributed by atoms with Gasteiger partial charge in [0.1, 0.15) is 28.0 Å². The average Bonchev–Trinajstić information content (AvgIpc) is 3.32. The van der Waals surface area contributed by atoms with Crippen LogP contribution in [-0.2, 0) is 6.42 Å². The van der Waals surface area contributed by atoms with Gasteiger partial charge in [-0.3, -0.25) is 0 Å². The Bertz CT molecular complexity index is 1050. The first kappa shape index (κ1) is 20.1. The zero-order chi connectivity index (χ0) is 20.8. The molecule has 0 amide bonds. The number of nitrogens with two attached hydrogens (primary N) is 1. The normalized spacial score (nSPS) is 11.8. The molecule has 0 unspecified atom stereocenters. The van der Waals surface area contributed by atoms with E-state index in [1.807, 2.05) is 78.2 Å². The van der Waals surface area contributed by atoms with Crippen molar-refractivity contribution in [3.8, 4) is 33.6 Å². The lowest BCUT2D eigenvalue weighted by Gasteiger charge is -2.10. The predicted molar refractivity (Wildman–Crippen MR) is 119 cm³/mol. The van der Waals surface area contributed by atoms with Crippen LogP contribution in [0.15, 0.2) is 84.4 Å². The number of benzene rings is 3. The second-order valence-electron chi connectivity index (χ2n) is 6.83. The van der Waals surface area contributed by atoms with Crippen molar-refractivity contribution in [1.82, 2.24) is 4.98 Å². The lowest BCUT2D eigenvalue weighted by atomic mass is 10.1. The molecular formula is C24H22N2O3S. The zero-order valence-corrected chi connectivity index (χ0v) is 17.1. The van der Waals surface area contributed by atoms with Gasteiger partial charge < -0.3 is 20.3 Å². The number of aromatic nitrogens is 1. The predicted octanol–water partition coefficient (Wildman–Crippen LogP) is 5.26. The van der Waals surface area contributed by atoms with Gasteiger partial charge in [-0.1, -0.05) is 12.1 Å². The Labute approximate surface area is 179 Å². The molecule has 4 aromatic rings. The molecule has 3 aromatic carbocycles. The van der Waals surface area contributed by atoms with Gasteiger partial charge in [0.25, 0.3) is 0 Å². The van der Waals surface area contributed by atoms with E-state index >= 15 is 0 Å². The van der Waals surface area contributed by atoms with E-state index < -0.39 is 0 Å². The number of thiazole rings is 1. The maximum atomic E-state index is 9.05. The Morgan fingerprint density at radius 1 is 0.800 bits per heavy atom.